The Morgan fingerprint density at radius 1 is 1.47 bits per heavy atom. The van der Waals surface area contributed by atoms with Gasteiger partial charge in [-0.05, 0) is 19.9 Å². The maximum absolute atomic E-state index is 11.2. The minimum Gasteiger partial charge on any atom is -0.466 e. The molecule has 0 bridgehead atoms. The number of aryl methyl sites for hydroxylation is 1. The Balaban J connectivity index is 2.39. The Kier molecular flexibility index (Phi) is 3.91. The highest BCUT2D eigenvalue weighted by molar-refractivity contribution is 6.01. The summed E-state index contributed by atoms with van der Waals surface area (Å²) in [4.78, 5) is 22.2. The number of hydrogen-bond acceptors (Lipinski definition) is 4. The highest BCUT2D eigenvalue weighted by Crippen LogP contribution is 2.11. The number of carbonyl (C=O) groups excluding carboxylic acids is 2. The van der Waals surface area contributed by atoms with Gasteiger partial charge in [-0.1, -0.05) is 0 Å². The van der Waals surface area contributed by atoms with Crippen molar-refractivity contribution in [3.63, 3.8) is 0 Å². The van der Waals surface area contributed by atoms with Gasteiger partial charge in [0.2, 0.25) is 5.91 Å². The quantitative estimate of drug-likeness (QED) is 0.605. The topological polar surface area (TPSA) is 68.5 Å². The van der Waals surface area contributed by atoms with Crippen molar-refractivity contribution in [2.75, 3.05) is 11.9 Å². The van der Waals surface area contributed by atoms with Crippen LogP contribution in [0.25, 0.3) is 0 Å². The highest BCUT2D eigenvalue weighted by Gasteiger charge is 2.11. The van der Waals surface area contributed by atoms with E-state index in [0.29, 0.717) is 11.6 Å². The zero-order valence-electron chi connectivity index (χ0n) is 8.70. The van der Waals surface area contributed by atoms with Crippen molar-refractivity contribution in [1.82, 2.24) is 0 Å². The monoisotopic (exact) mass is 211 g/mol. The first-order valence-electron chi connectivity index (χ1n) is 4.63. The van der Waals surface area contributed by atoms with Crippen LogP contribution in [0, 0.1) is 6.92 Å². The van der Waals surface area contributed by atoms with Crippen LogP contribution in [0.4, 0.5) is 5.88 Å². The second-order valence-electron chi connectivity index (χ2n) is 2.94. The molecule has 15 heavy (non-hydrogen) atoms. The highest BCUT2D eigenvalue weighted by atomic mass is 16.5. The van der Waals surface area contributed by atoms with Gasteiger partial charge in [0.05, 0.1) is 6.61 Å². The molecule has 0 radical (unpaired) electrons. The first kappa shape index (κ1) is 11.3. The molecule has 0 fully saturated rings. The molecule has 5 nitrogen and oxygen atoms in total. The number of esters is 1. The predicted molar refractivity (Wildman–Crippen MR) is 53.3 cm³/mol. The van der Waals surface area contributed by atoms with E-state index in [1.807, 2.05) is 0 Å². The Hall–Kier alpha value is -1.78. The van der Waals surface area contributed by atoms with Gasteiger partial charge >= 0.3 is 5.97 Å². The van der Waals surface area contributed by atoms with E-state index in [1.54, 1.807) is 26.0 Å². The number of nitrogens with one attached hydrogen (secondary N) is 1. The third-order valence-electron chi connectivity index (χ3n) is 1.61. The Morgan fingerprint density at radius 2 is 2.20 bits per heavy atom. The normalized spacial score (nSPS) is 9.73. The van der Waals surface area contributed by atoms with E-state index in [9.17, 15) is 9.59 Å². The Labute approximate surface area is 87.4 Å². The van der Waals surface area contributed by atoms with E-state index in [2.05, 4.69) is 10.1 Å². The molecule has 1 aromatic heterocycles. The maximum Gasteiger partial charge on any atom is 0.315 e. The van der Waals surface area contributed by atoms with Gasteiger partial charge in [0.1, 0.15) is 12.2 Å². The van der Waals surface area contributed by atoms with Crippen molar-refractivity contribution in [3.05, 3.63) is 17.9 Å². The summed E-state index contributed by atoms with van der Waals surface area (Å²) in [5, 5.41) is 2.45. The summed E-state index contributed by atoms with van der Waals surface area (Å²) in [6, 6.07) is 3.35. The van der Waals surface area contributed by atoms with Crippen molar-refractivity contribution in [2.24, 2.45) is 0 Å². The number of rotatable bonds is 4. The standard InChI is InChI=1S/C10H13NO4/c1-3-14-10(13)6-8(12)11-9-5-4-7(2)15-9/h4-5H,3,6H2,1-2H3,(H,11,12). The van der Waals surface area contributed by atoms with E-state index < -0.39 is 11.9 Å². The molecule has 1 N–H and O–H groups in total. The van der Waals surface area contributed by atoms with Gasteiger partial charge < -0.3 is 9.15 Å². The molecular weight excluding hydrogens is 198 g/mol. The van der Waals surface area contributed by atoms with E-state index in [4.69, 9.17) is 4.42 Å². The lowest BCUT2D eigenvalue weighted by Gasteiger charge is -2.01. The van der Waals surface area contributed by atoms with E-state index >= 15 is 0 Å². The molecule has 0 spiro atoms. The lowest BCUT2D eigenvalue weighted by Crippen LogP contribution is -2.17. The molecule has 1 amide bonds. The number of carbonyl (C=O) groups is 2. The van der Waals surface area contributed by atoms with Gasteiger partial charge in [-0.2, -0.15) is 0 Å². The summed E-state index contributed by atoms with van der Waals surface area (Å²) < 4.78 is 9.74. The van der Waals surface area contributed by atoms with Crippen LogP contribution in [0.3, 0.4) is 0 Å². The molecule has 82 valence electrons. The van der Waals surface area contributed by atoms with Crippen LogP contribution in [0.2, 0.25) is 0 Å². The van der Waals surface area contributed by atoms with Crippen molar-refractivity contribution in [3.8, 4) is 0 Å². The van der Waals surface area contributed by atoms with Crippen LogP contribution in [0.15, 0.2) is 16.5 Å². The number of anilines is 1. The molecule has 0 atom stereocenters. The number of hydrogen-bond donors (Lipinski definition) is 1. The fourth-order valence-corrected chi connectivity index (χ4v) is 1.03. The SMILES string of the molecule is CCOC(=O)CC(=O)Nc1ccc(C)o1. The van der Waals surface area contributed by atoms with Crippen LogP contribution in [0.5, 0.6) is 0 Å². The van der Waals surface area contributed by atoms with Crippen LogP contribution in [-0.2, 0) is 14.3 Å². The van der Waals surface area contributed by atoms with Crippen LogP contribution >= 0.6 is 0 Å². The fourth-order valence-electron chi connectivity index (χ4n) is 1.03. The first-order chi connectivity index (χ1) is 7.11. The van der Waals surface area contributed by atoms with Crippen molar-refractivity contribution in [1.29, 1.82) is 0 Å². The predicted octanol–water partition coefficient (Wildman–Crippen LogP) is 1.48. The number of ether oxygens (including phenoxy) is 1. The van der Waals surface area contributed by atoms with Gasteiger partial charge in [-0.15, -0.1) is 0 Å². The Bertz CT molecular complexity index is 356. The second kappa shape index (κ2) is 5.19. The van der Waals surface area contributed by atoms with Crippen molar-refractivity contribution < 1.29 is 18.7 Å². The zero-order valence-corrected chi connectivity index (χ0v) is 8.70. The van der Waals surface area contributed by atoms with E-state index in [-0.39, 0.29) is 13.0 Å². The molecule has 5 heteroatoms. The molecule has 0 unspecified atom stereocenters. The largest absolute Gasteiger partial charge is 0.466 e. The van der Waals surface area contributed by atoms with E-state index in [1.165, 1.54) is 0 Å². The second-order valence-corrected chi connectivity index (χ2v) is 2.94. The molecule has 0 saturated carbocycles. The summed E-state index contributed by atoms with van der Waals surface area (Å²) in [5.41, 5.74) is 0. The van der Waals surface area contributed by atoms with Crippen molar-refractivity contribution in [2.45, 2.75) is 20.3 Å². The third kappa shape index (κ3) is 3.84. The molecule has 0 aliphatic carbocycles. The van der Waals surface area contributed by atoms with Gasteiger partial charge in [-0.25, -0.2) is 0 Å². The molecule has 0 saturated heterocycles. The fraction of sp³-hybridized carbons (Fsp3) is 0.400. The zero-order chi connectivity index (χ0) is 11.3. The molecule has 0 aliphatic heterocycles. The van der Waals surface area contributed by atoms with Crippen LogP contribution in [0.1, 0.15) is 19.1 Å². The average molecular weight is 211 g/mol. The number of furan rings is 1. The third-order valence-corrected chi connectivity index (χ3v) is 1.61. The smallest absolute Gasteiger partial charge is 0.315 e. The van der Waals surface area contributed by atoms with Gasteiger partial charge in [0, 0.05) is 6.07 Å². The molecule has 0 aromatic carbocycles. The van der Waals surface area contributed by atoms with Gasteiger partial charge in [0.25, 0.3) is 0 Å². The summed E-state index contributed by atoms with van der Waals surface area (Å²) in [5.74, 6) is 0.0457. The minimum atomic E-state index is -0.543. The molecule has 0 aliphatic rings. The lowest BCUT2D eigenvalue weighted by atomic mass is 10.4. The number of amides is 1. The summed E-state index contributed by atoms with van der Waals surface area (Å²) >= 11 is 0. The van der Waals surface area contributed by atoms with Gasteiger partial charge in [0.15, 0.2) is 5.88 Å². The van der Waals surface area contributed by atoms with Gasteiger partial charge in [-0.3, -0.25) is 14.9 Å². The summed E-state index contributed by atoms with van der Waals surface area (Å²) in [6.45, 7) is 3.72. The molecular formula is C10H13NO4. The lowest BCUT2D eigenvalue weighted by molar-refractivity contribution is -0.145. The average Bonchev–Trinajstić information content (AvgIpc) is 2.51. The summed E-state index contributed by atoms with van der Waals surface area (Å²) in [7, 11) is 0. The first-order valence-corrected chi connectivity index (χ1v) is 4.63. The summed E-state index contributed by atoms with van der Waals surface area (Å²) in [6.07, 6.45) is -0.298. The van der Waals surface area contributed by atoms with Crippen LogP contribution < -0.4 is 5.32 Å². The molecule has 1 heterocycles. The molecule has 1 aromatic rings. The molecule has 1 rings (SSSR count). The van der Waals surface area contributed by atoms with Crippen LogP contribution in [-0.4, -0.2) is 18.5 Å². The van der Waals surface area contributed by atoms with Crippen molar-refractivity contribution >= 4 is 17.8 Å². The minimum absolute atomic E-state index is 0.270. The Morgan fingerprint density at radius 3 is 2.73 bits per heavy atom. The van der Waals surface area contributed by atoms with E-state index in [0.717, 1.165) is 0 Å². The maximum atomic E-state index is 11.2.